The second-order valence-electron chi connectivity index (χ2n) is 12.0. The second-order valence-corrected chi connectivity index (χ2v) is 12.8. The minimum Gasteiger partial charge on any atom is -0.353 e. The number of aromatic nitrogens is 2. The summed E-state index contributed by atoms with van der Waals surface area (Å²) in [7, 11) is 0. The zero-order valence-corrected chi connectivity index (χ0v) is 23.2. The molecular weight excluding hydrogens is 486 g/mol. The maximum Gasteiger partial charge on any atom is 0.228 e. The predicted octanol–water partition coefficient (Wildman–Crippen LogP) is 3.74. The molecule has 0 aliphatic carbocycles. The van der Waals surface area contributed by atoms with Crippen molar-refractivity contribution in [1.82, 2.24) is 24.5 Å². The number of nitrogens with zero attached hydrogens (tertiary/aromatic N) is 4. The molecule has 0 unspecified atom stereocenters. The van der Waals surface area contributed by atoms with Crippen LogP contribution in [0.1, 0.15) is 71.4 Å². The van der Waals surface area contributed by atoms with E-state index in [0.29, 0.717) is 44.2 Å². The van der Waals surface area contributed by atoms with E-state index in [4.69, 9.17) is 0 Å². The Morgan fingerprint density at radius 3 is 2.81 bits per heavy atom. The molecule has 3 aliphatic rings. The Labute approximate surface area is 223 Å². The minimum atomic E-state index is 0.0962. The monoisotopic (exact) mass is 527 g/mol. The van der Waals surface area contributed by atoms with E-state index in [1.54, 1.807) is 11.3 Å². The fraction of sp³-hybridized carbons (Fsp3) is 0.714. The Hall–Kier alpha value is -2.42. The maximum absolute atomic E-state index is 13.5. The molecule has 2 aromatic rings. The smallest absolute Gasteiger partial charge is 0.228 e. The van der Waals surface area contributed by atoms with E-state index in [9.17, 15) is 14.4 Å². The lowest BCUT2D eigenvalue weighted by Gasteiger charge is -2.51. The van der Waals surface area contributed by atoms with Gasteiger partial charge in [0.2, 0.25) is 17.7 Å². The van der Waals surface area contributed by atoms with Gasteiger partial charge in [-0.1, -0.05) is 20.8 Å². The van der Waals surface area contributed by atoms with Gasteiger partial charge in [-0.05, 0) is 55.8 Å². The summed E-state index contributed by atoms with van der Waals surface area (Å²) in [6.07, 6.45) is 9.77. The third-order valence-electron chi connectivity index (χ3n) is 8.67. The summed E-state index contributed by atoms with van der Waals surface area (Å²) in [5, 5.41) is 5.25. The number of likely N-dealkylation sites (tertiary alicyclic amines) is 1. The Morgan fingerprint density at radius 2 is 2.03 bits per heavy atom. The summed E-state index contributed by atoms with van der Waals surface area (Å²) < 4.78 is 1.97. The molecule has 37 heavy (non-hydrogen) atoms. The molecule has 5 atom stereocenters. The van der Waals surface area contributed by atoms with Gasteiger partial charge in [0.05, 0.1) is 12.1 Å². The SMILES string of the molecule is CC(C)[C@@H]1CC[C@@H](C)CC(=O)N2C[C@H]3C[C@@H](CN(C(=O)Cc4cn5ccsc5n4)C3)[C@@H]2CCCC(=O)N1. The van der Waals surface area contributed by atoms with Crippen LogP contribution in [0, 0.1) is 23.7 Å². The fourth-order valence-corrected chi connectivity index (χ4v) is 7.36. The molecule has 5 heterocycles. The number of thiazole rings is 1. The van der Waals surface area contributed by atoms with Crippen molar-refractivity contribution in [2.75, 3.05) is 19.6 Å². The minimum absolute atomic E-state index is 0.0962. The highest BCUT2D eigenvalue weighted by molar-refractivity contribution is 7.15. The molecule has 3 saturated heterocycles. The Bertz CT molecular complexity index is 1100. The van der Waals surface area contributed by atoms with Crippen LogP contribution in [0.5, 0.6) is 0 Å². The van der Waals surface area contributed by atoms with Gasteiger partial charge < -0.3 is 15.1 Å². The van der Waals surface area contributed by atoms with Crippen molar-refractivity contribution in [1.29, 1.82) is 0 Å². The molecule has 8 nitrogen and oxygen atoms in total. The number of piperidine rings is 2. The maximum atomic E-state index is 13.5. The van der Waals surface area contributed by atoms with Crippen molar-refractivity contribution in [2.24, 2.45) is 23.7 Å². The van der Waals surface area contributed by atoms with Gasteiger partial charge in [0, 0.05) is 62.3 Å². The van der Waals surface area contributed by atoms with Crippen LogP contribution in [0.4, 0.5) is 0 Å². The number of rotatable bonds is 3. The summed E-state index contributed by atoms with van der Waals surface area (Å²) in [6.45, 7) is 8.59. The summed E-state index contributed by atoms with van der Waals surface area (Å²) in [5.41, 5.74) is 0.811. The van der Waals surface area contributed by atoms with Crippen LogP contribution >= 0.6 is 11.3 Å². The molecule has 3 amide bonds. The molecule has 2 aromatic heterocycles. The number of fused-ring (bicyclic) bond motifs is 5. The number of amides is 3. The van der Waals surface area contributed by atoms with Crippen molar-refractivity contribution in [2.45, 2.75) is 84.2 Å². The summed E-state index contributed by atoms with van der Waals surface area (Å²) in [6, 6.07) is 0.261. The van der Waals surface area contributed by atoms with Gasteiger partial charge in [-0.25, -0.2) is 4.98 Å². The summed E-state index contributed by atoms with van der Waals surface area (Å²) in [4.78, 5) is 49.2. The number of nitrogens with one attached hydrogen (secondary N) is 1. The molecule has 5 rings (SSSR count). The average molecular weight is 528 g/mol. The lowest BCUT2D eigenvalue weighted by molar-refractivity contribution is -0.146. The van der Waals surface area contributed by atoms with Gasteiger partial charge in [0.1, 0.15) is 0 Å². The lowest BCUT2D eigenvalue weighted by atomic mass is 9.77. The molecule has 0 spiro atoms. The van der Waals surface area contributed by atoms with Gasteiger partial charge in [0.25, 0.3) is 0 Å². The van der Waals surface area contributed by atoms with Gasteiger partial charge >= 0.3 is 0 Å². The van der Waals surface area contributed by atoms with Crippen LogP contribution in [0.2, 0.25) is 0 Å². The standard InChI is InChI=1S/C28H41N5O3S/c1-18(2)23-8-7-19(3)11-27(36)33-15-20-12-21(24(33)5-4-6-25(34)30-23)16-32(14-20)26(35)13-22-17-31-9-10-37-28(31)29-22/h9-10,17-21,23-24H,4-8,11-16H2,1-3H3,(H,30,34)/t19-,20+,21+,23+,24+/m1/s1. The molecular formula is C28H41N5O3S. The van der Waals surface area contributed by atoms with E-state index in [-0.39, 0.29) is 41.6 Å². The number of hydrogen-bond acceptors (Lipinski definition) is 5. The van der Waals surface area contributed by atoms with Gasteiger partial charge in [-0.15, -0.1) is 11.3 Å². The van der Waals surface area contributed by atoms with E-state index in [2.05, 4.69) is 36.0 Å². The highest BCUT2D eigenvalue weighted by Gasteiger charge is 2.43. The highest BCUT2D eigenvalue weighted by Crippen LogP contribution is 2.37. The summed E-state index contributed by atoms with van der Waals surface area (Å²) >= 11 is 1.57. The first-order valence-corrected chi connectivity index (χ1v) is 14.9. The number of carbonyl (C=O) groups is 3. The number of hydrogen-bond donors (Lipinski definition) is 1. The lowest BCUT2D eigenvalue weighted by Crippen LogP contribution is -2.60. The zero-order chi connectivity index (χ0) is 26.1. The molecule has 3 fully saturated rings. The Kier molecular flexibility index (Phi) is 7.88. The van der Waals surface area contributed by atoms with Gasteiger partial charge in [-0.2, -0.15) is 0 Å². The largest absolute Gasteiger partial charge is 0.353 e. The van der Waals surface area contributed by atoms with Crippen molar-refractivity contribution < 1.29 is 14.4 Å². The Morgan fingerprint density at radius 1 is 1.19 bits per heavy atom. The second kappa shape index (κ2) is 11.1. The van der Waals surface area contributed by atoms with Crippen LogP contribution in [-0.4, -0.2) is 68.6 Å². The third-order valence-corrected chi connectivity index (χ3v) is 9.44. The van der Waals surface area contributed by atoms with Crippen molar-refractivity contribution in [3.05, 3.63) is 23.5 Å². The van der Waals surface area contributed by atoms with Gasteiger partial charge in [0.15, 0.2) is 4.96 Å². The van der Waals surface area contributed by atoms with E-state index in [1.807, 2.05) is 27.1 Å². The normalized spacial score (nSPS) is 29.9. The van der Waals surface area contributed by atoms with Gasteiger partial charge in [-0.3, -0.25) is 18.8 Å². The van der Waals surface area contributed by atoms with Crippen molar-refractivity contribution >= 4 is 34.0 Å². The van der Waals surface area contributed by atoms with Crippen molar-refractivity contribution in [3.63, 3.8) is 0 Å². The highest BCUT2D eigenvalue weighted by atomic mass is 32.1. The van der Waals surface area contributed by atoms with Crippen LogP contribution in [0.15, 0.2) is 17.8 Å². The number of imidazole rings is 1. The Balaban J connectivity index is 1.28. The predicted molar refractivity (Wildman–Crippen MR) is 144 cm³/mol. The third kappa shape index (κ3) is 6.02. The van der Waals surface area contributed by atoms with Crippen molar-refractivity contribution in [3.8, 4) is 0 Å². The molecule has 3 aliphatic heterocycles. The fourth-order valence-electron chi connectivity index (χ4n) is 6.64. The molecule has 0 saturated carbocycles. The van der Waals surface area contributed by atoms with Crippen LogP contribution in [-0.2, 0) is 20.8 Å². The van der Waals surface area contributed by atoms with E-state index >= 15 is 0 Å². The molecule has 0 aromatic carbocycles. The first-order chi connectivity index (χ1) is 17.8. The zero-order valence-electron chi connectivity index (χ0n) is 22.4. The van der Waals surface area contributed by atoms with Crippen LogP contribution in [0.25, 0.3) is 4.96 Å². The topological polar surface area (TPSA) is 87.0 Å². The van der Waals surface area contributed by atoms with E-state index < -0.39 is 0 Å². The summed E-state index contributed by atoms with van der Waals surface area (Å²) in [5.74, 6) is 1.74. The number of carbonyl (C=O) groups excluding carboxylic acids is 3. The van der Waals surface area contributed by atoms with E-state index in [1.165, 1.54) is 0 Å². The first-order valence-electron chi connectivity index (χ1n) is 14.0. The molecule has 202 valence electrons. The van der Waals surface area contributed by atoms with Crippen LogP contribution in [0.3, 0.4) is 0 Å². The first kappa shape index (κ1) is 26.2. The van der Waals surface area contributed by atoms with E-state index in [0.717, 1.165) is 49.3 Å². The molecule has 0 radical (unpaired) electrons. The molecule has 9 heteroatoms. The average Bonchev–Trinajstić information content (AvgIpc) is 3.44. The quantitative estimate of drug-likeness (QED) is 0.659. The molecule has 2 bridgehead atoms. The van der Waals surface area contributed by atoms with Crippen LogP contribution < -0.4 is 5.32 Å². The molecule has 1 N–H and O–H groups in total.